The minimum atomic E-state index is 0.126. The number of hydrogen-bond donors (Lipinski definition) is 3. The fraction of sp³-hybridized carbons (Fsp3) is 0.0769. The third kappa shape index (κ3) is 3.70. The molecule has 33 heavy (non-hydrogen) atoms. The van der Waals surface area contributed by atoms with E-state index in [0.29, 0.717) is 11.3 Å². The SMILES string of the molecule is Cn1cc(-c2cccc(O)c2-c2cn(C)nc2-c2ccc(O)cc2)c(-c2ccc(O)cc2)n1. The molecule has 0 aliphatic heterocycles. The Labute approximate surface area is 190 Å². The van der Waals surface area contributed by atoms with Crippen LogP contribution in [0.4, 0.5) is 0 Å². The minimum Gasteiger partial charge on any atom is -0.508 e. The van der Waals surface area contributed by atoms with Crippen LogP contribution >= 0.6 is 0 Å². The lowest BCUT2D eigenvalue weighted by molar-refractivity contribution is 0.475. The first kappa shape index (κ1) is 20.4. The zero-order valence-electron chi connectivity index (χ0n) is 18.1. The Balaban J connectivity index is 1.74. The van der Waals surface area contributed by atoms with Crippen molar-refractivity contribution in [1.29, 1.82) is 0 Å². The maximum atomic E-state index is 11.0. The Morgan fingerprint density at radius 2 is 1.06 bits per heavy atom. The molecule has 0 atom stereocenters. The standard InChI is InChI=1S/C26H22N4O3/c1-29-14-21(25(27-29)16-6-10-18(31)11-7-16)20-4-3-5-23(33)24(20)22-15-30(2)28-26(22)17-8-12-19(32)13-9-17/h3-15,31-33H,1-2H3. The summed E-state index contributed by atoms with van der Waals surface area (Å²) in [6.45, 7) is 0. The second-order valence-corrected chi connectivity index (χ2v) is 7.92. The highest BCUT2D eigenvalue weighted by atomic mass is 16.3. The first-order valence-corrected chi connectivity index (χ1v) is 10.4. The molecule has 0 saturated heterocycles. The monoisotopic (exact) mass is 438 g/mol. The number of hydrogen-bond acceptors (Lipinski definition) is 5. The van der Waals surface area contributed by atoms with E-state index >= 15 is 0 Å². The third-order valence-electron chi connectivity index (χ3n) is 5.54. The van der Waals surface area contributed by atoms with Crippen LogP contribution in [0, 0.1) is 0 Å². The molecule has 0 bridgehead atoms. The lowest BCUT2D eigenvalue weighted by Crippen LogP contribution is -1.89. The second-order valence-electron chi connectivity index (χ2n) is 7.92. The quantitative estimate of drug-likeness (QED) is 0.369. The van der Waals surface area contributed by atoms with Gasteiger partial charge in [0.15, 0.2) is 0 Å². The van der Waals surface area contributed by atoms with E-state index in [1.54, 1.807) is 57.9 Å². The topological polar surface area (TPSA) is 96.3 Å². The van der Waals surface area contributed by atoms with Gasteiger partial charge in [0.1, 0.15) is 28.6 Å². The molecule has 2 aromatic heterocycles. The first-order chi connectivity index (χ1) is 15.9. The van der Waals surface area contributed by atoms with E-state index in [-0.39, 0.29) is 17.2 Å². The molecule has 0 amide bonds. The molecule has 5 rings (SSSR count). The van der Waals surface area contributed by atoms with Gasteiger partial charge < -0.3 is 15.3 Å². The molecule has 7 heteroatoms. The predicted octanol–water partition coefficient (Wildman–Crippen LogP) is 4.94. The minimum absolute atomic E-state index is 0.126. The molecule has 0 aliphatic carbocycles. The predicted molar refractivity (Wildman–Crippen MR) is 127 cm³/mol. The van der Waals surface area contributed by atoms with E-state index in [2.05, 4.69) is 10.2 Å². The van der Waals surface area contributed by atoms with E-state index in [4.69, 9.17) is 0 Å². The molecule has 7 nitrogen and oxygen atoms in total. The van der Waals surface area contributed by atoms with Gasteiger partial charge in [-0.25, -0.2) is 0 Å². The van der Waals surface area contributed by atoms with Crippen LogP contribution in [0.3, 0.4) is 0 Å². The van der Waals surface area contributed by atoms with Crippen molar-refractivity contribution < 1.29 is 15.3 Å². The number of nitrogens with zero attached hydrogens (tertiary/aromatic N) is 4. The lowest BCUT2D eigenvalue weighted by atomic mass is 9.91. The van der Waals surface area contributed by atoms with Gasteiger partial charge in [0.2, 0.25) is 0 Å². The van der Waals surface area contributed by atoms with Crippen molar-refractivity contribution in [3.63, 3.8) is 0 Å². The number of benzene rings is 3. The van der Waals surface area contributed by atoms with Crippen LogP contribution in [0.1, 0.15) is 0 Å². The molecule has 5 aromatic rings. The van der Waals surface area contributed by atoms with E-state index < -0.39 is 0 Å². The van der Waals surface area contributed by atoms with Gasteiger partial charge in [0.25, 0.3) is 0 Å². The molecular weight excluding hydrogens is 416 g/mol. The molecule has 0 radical (unpaired) electrons. The second kappa shape index (κ2) is 7.87. The molecule has 3 aromatic carbocycles. The summed E-state index contributed by atoms with van der Waals surface area (Å²) in [6.07, 6.45) is 3.79. The van der Waals surface area contributed by atoms with Crippen molar-refractivity contribution in [2.75, 3.05) is 0 Å². The number of aryl methyl sites for hydroxylation is 2. The van der Waals surface area contributed by atoms with Crippen molar-refractivity contribution in [3.8, 4) is 62.0 Å². The van der Waals surface area contributed by atoms with Crippen LogP contribution in [-0.2, 0) is 14.1 Å². The molecule has 0 saturated carbocycles. The van der Waals surface area contributed by atoms with E-state index in [0.717, 1.165) is 33.5 Å². The van der Waals surface area contributed by atoms with Crippen molar-refractivity contribution in [2.45, 2.75) is 0 Å². The summed E-state index contributed by atoms with van der Waals surface area (Å²) in [6, 6.07) is 19.1. The van der Waals surface area contributed by atoms with Gasteiger partial charge in [-0.05, 0) is 60.2 Å². The summed E-state index contributed by atoms with van der Waals surface area (Å²) in [5.41, 5.74) is 6.15. The molecule has 0 aliphatic rings. The van der Waals surface area contributed by atoms with Crippen molar-refractivity contribution >= 4 is 0 Å². The van der Waals surface area contributed by atoms with Crippen LogP contribution in [0.2, 0.25) is 0 Å². The maximum Gasteiger partial charge on any atom is 0.124 e. The van der Waals surface area contributed by atoms with E-state index in [9.17, 15) is 15.3 Å². The van der Waals surface area contributed by atoms with Crippen LogP contribution in [-0.4, -0.2) is 34.9 Å². The van der Waals surface area contributed by atoms with Crippen molar-refractivity contribution in [2.24, 2.45) is 14.1 Å². The van der Waals surface area contributed by atoms with Crippen LogP contribution in [0.15, 0.2) is 79.1 Å². The van der Waals surface area contributed by atoms with Crippen molar-refractivity contribution in [1.82, 2.24) is 19.6 Å². The van der Waals surface area contributed by atoms with Gasteiger partial charge in [-0.15, -0.1) is 0 Å². The smallest absolute Gasteiger partial charge is 0.124 e. The zero-order chi connectivity index (χ0) is 23.1. The highest BCUT2D eigenvalue weighted by molar-refractivity contribution is 5.96. The molecule has 164 valence electrons. The van der Waals surface area contributed by atoms with Crippen LogP contribution in [0.25, 0.3) is 44.8 Å². The number of rotatable bonds is 4. The van der Waals surface area contributed by atoms with Gasteiger partial charge in [0.05, 0.1) is 0 Å². The van der Waals surface area contributed by atoms with Crippen molar-refractivity contribution in [3.05, 3.63) is 79.1 Å². The third-order valence-corrected chi connectivity index (χ3v) is 5.54. The van der Waals surface area contributed by atoms with Gasteiger partial charge in [0, 0.05) is 54.3 Å². The van der Waals surface area contributed by atoms with Gasteiger partial charge in [-0.2, -0.15) is 10.2 Å². The normalized spacial score (nSPS) is 11.1. The number of phenols is 3. The van der Waals surface area contributed by atoms with Gasteiger partial charge >= 0.3 is 0 Å². The highest BCUT2D eigenvalue weighted by Crippen LogP contribution is 2.45. The fourth-order valence-corrected chi connectivity index (χ4v) is 4.07. The van der Waals surface area contributed by atoms with Gasteiger partial charge in [-0.3, -0.25) is 9.36 Å². The summed E-state index contributed by atoms with van der Waals surface area (Å²) < 4.78 is 3.44. The zero-order valence-corrected chi connectivity index (χ0v) is 18.1. The molecule has 0 unspecified atom stereocenters. The molecular formula is C26H22N4O3. The maximum absolute atomic E-state index is 11.0. The highest BCUT2D eigenvalue weighted by Gasteiger charge is 2.22. The Hall–Kier alpha value is -4.52. The number of aromatic hydroxyl groups is 3. The van der Waals surface area contributed by atoms with E-state index in [1.807, 2.05) is 44.7 Å². The molecule has 3 N–H and O–H groups in total. The molecule has 2 heterocycles. The average molecular weight is 438 g/mol. The van der Waals surface area contributed by atoms with E-state index in [1.165, 1.54) is 0 Å². The largest absolute Gasteiger partial charge is 0.508 e. The average Bonchev–Trinajstić information content (AvgIpc) is 3.37. The summed E-state index contributed by atoms with van der Waals surface area (Å²) in [5.74, 6) is 0.484. The summed E-state index contributed by atoms with van der Waals surface area (Å²) in [7, 11) is 3.68. The van der Waals surface area contributed by atoms with Crippen LogP contribution in [0.5, 0.6) is 17.2 Å². The van der Waals surface area contributed by atoms with Crippen LogP contribution < -0.4 is 0 Å². The number of phenolic OH excluding ortho intramolecular Hbond substituents is 3. The summed E-state index contributed by atoms with van der Waals surface area (Å²) >= 11 is 0. The Morgan fingerprint density at radius 3 is 1.61 bits per heavy atom. The van der Waals surface area contributed by atoms with Gasteiger partial charge in [-0.1, -0.05) is 12.1 Å². The molecule has 0 spiro atoms. The molecule has 0 fully saturated rings. The number of aromatic nitrogens is 4. The Morgan fingerprint density at radius 1 is 0.576 bits per heavy atom. The Bertz CT molecular complexity index is 1450. The summed E-state index contributed by atoms with van der Waals surface area (Å²) in [4.78, 5) is 0. The fourth-order valence-electron chi connectivity index (χ4n) is 4.07. The first-order valence-electron chi connectivity index (χ1n) is 10.4. The lowest BCUT2D eigenvalue weighted by Gasteiger charge is -2.12. The Kier molecular flexibility index (Phi) is 4.86. The summed E-state index contributed by atoms with van der Waals surface area (Å²) in [5, 5.41) is 39.7.